The van der Waals surface area contributed by atoms with E-state index < -0.39 is 12.1 Å². The summed E-state index contributed by atoms with van der Waals surface area (Å²) >= 11 is 0. The number of esters is 1. The topological polar surface area (TPSA) is 58.6 Å². The lowest BCUT2D eigenvalue weighted by Gasteiger charge is -2.32. The molecule has 1 fully saturated rings. The number of carbonyl (C=O) groups is 2. The molecule has 0 saturated carbocycles. The van der Waals surface area contributed by atoms with Crippen LogP contribution in [0.5, 0.6) is 0 Å². The van der Waals surface area contributed by atoms with E-state index in [0.717, 1.165) is 12.8 Å². The molecule has 2 aromatic rings. The molecule has 0 aromatic heterocycles. The van der Waals surface area contributed by atoms with E-state index >= 15 is 0 Å². The summed E-state index contributed by atoms with van der Waals surface area (Å²) < 4.78 is 18.5. The Kier molecular flexibility index (Phi) is 6.29. The molecule has 1 amide bonds. The van der Waals surface area contributed by atoms with Crippen LogP contribution in [0.15, 0.2) is 48.5 Å². The molecule has 6 heteroatoms. The summed E-state index contributed by atoms with van der Waals surface area (Å²) in [5.74, 6) is -0.454. The van der Waals surface area contributed by atoms with E-state index in [9.17, 15) is 14.0 Å². The monoisotopic (exact) mass is 384 g/mol. The Morgan fingerprint density at radius 1 is 1.11 bits per heavy atom. The first kappa shape index (κ1) is 19.9. The number of para-hydroxylation sites is 1. The average molecular weight is 384 g/mol. The lowest BCUT2D eigenvalue weighted by atomic mass is 9.99. The number of carbonyl (C=O) groups excluding carboxylic acids is 2. The maximum Gasteiger partial charge on any atom is 0.341 e. The van der Waals surface area contributed by atoms with E-state index in [1.54, 1.807) is 48.2 Å². The minimum atomic E-state index is -0.847. The zero-order valence-corrected chi connectivity index (χ0v) is 16.2. The lowest BCUT2D eigenvalue weighted by Crippen LogP contribution is -2.44. The fourth-order valence-electron chi connectivity index (χ4n) is 3.22. The Hall–Kier alpha value is -2.89. The molecule has 1 atom stereocenters. The van der Waals surface area contributed by atoms with Crippen LogP contribution in [0.25, 0.3) is 0 Å². The fourth-order valence-corrected chi connectivity index (χ4v) is 3.22. The molecule has 0 bridgehead atoms. The number of likely N-dealkylation sites (tertiary alicyclic amines) is 1. The maximum atomic E-state index is 13.1. The van der Waals surface area contributed by atoms with Crippen molar-refractivity contribution in [2.45, 2.75) is 32.8 Å². The molecule has 1 N–H and O–H groups in total. The van der Waals surface area contributed by atoms with Crippen LogP contribution in [0, 0.1) is 11.7 Å². The minimum absolute atomic E-state index is 0.163. The SMILES string of the molecule is CC1CCN(C(=O)C(C)OC(=O)c2ccccc2Nc2ccc(F)cc2)CC1. The standard InChI is InChI=1S/C22H25FN2O3/c1-15-11-13-25(14-12-15)21(26)16(2)28-22(27)19-5-3-4-6-20(19)24-18-9-7-17(23)8-10-18/h3-10,15-16,24H,11-14H2,1-2H3. The van der Waals surface area contributed by atoms with E-state index in [4.69, 9.17) is 4.74 Å². The predicted molar refractivity (Wildman–Crippen MR) is 106 cm³/mol. The van der Waals surface area contributed by atoms with Gasteiger partial charge in [0, 0.05) is 18.8 Å². The molecule has 0 spiro atoms. The average Bonchev–Trinajstić information content (AvgIpc) is 2.70. The van der Waals surface area contributed by atoms with Gasteiger partial charge in [-0.3, -0.25) is 4.79 Å². The molecule has 1 saturated heterocycles. The van der Waals surface area contributed by atoms with Crippen molar-refractivity contribution in [1.29, 1.82) is 0 Å². The Morgan fingerprint density at radius 2 is 1.75 bits per heavy atom. The number of piperidine rings is 1. The molecule has 0 radical (unpaired) electrons. The van der Waals surface area contributed by atoms with Gasteiger partial charge in [-0.1, -0.05) is 19.1 Å². The summed E-state index contributed by atoms with van der Waals surface area (Å²) in [5, 5.41) is 3.09. The molecule has 2 aromatic carbocycles. The predicted octanol–water partition coefficient (Wildman–Crippen LogP) is 4.37. The summed E-state index contributed by atoms with van der Waals surface area (Å²) in [4.78, 5) is 27.0. The molecule has 0 aliphatic carbocycles. The van der Waals surface area contributed by atoms with Gasteiger partial charge in [0.25, 0.3) is 5.91 Å². The zero-order chi connectivity index (χ0) is 20.1. The maximum absolute atomic E-state index is 13.1. The number of halogens is 1. The van der Waals surface area contributed by atoms with Crippen LogP contribution in [0.4, 0.5) is 15.8 Å². The summed E-state index contributed by atoms with van der Waals surface area (Å²) in [6.07, 6.45) is 1.09. The van der Waals surface area contributed by atoms with Gasteiger partial charge >= 0.3 is 5.97 Å². The van der Waals surface area contributed by atoms with Crippen molar-refractivity contribution in [3.05, 3.63) is 59.9 Å². The minimum Gasteiger partial charge on any atom is -0.449 e. The van der Waals surface area contributed by atoms with Crippen LogP contribution in [-0.4, -0.2) is 36.0 Å². The second-order valence-corrected chi connectivity index (χ2v) is 7.23. The van der Waals surface area contributed by atoms with Crippen LogP contribution < -0.4 is 5.32 Å². The number of hydrogen-bond acceptors (Lipinski definition) is 4. The number of anilines is 2. The Bertz CT molecular complexity index is 830. The van der Waals surface area contributed by atoms with Gasteiger partial charge < -0.3 is 15.0 Å². The van der Waals surface area contributed by atoms with Crippen LogP contribution in [0.3, 0.4) is 0 Å². The molecule has 28 heavy (non-hydrogen) atoms. The van der Waals surface area contributed by atoms with E-state index in [0.29, 0.717) is 35.9 Å². The van der Waals surface area contributed by atoms with Crippen molar-refractivity contribution in [2.75, 3.05) is 18.4 Å². The Balaban J connectivity index is 1.67. The summed E-state index contributed by atoms with van der Waals surface area (Å²) in [6.45, 7) is 5.18. The Labute approximate surface area is 164 Å². The van der Waals surface area contributed by atoms with Crippen molar-refractivity contribution in [3.8, 4) is 0 Å². The Morgan fingerprint density at radius 3 is 2.43 bits per heavy atom. The number of amides is 1. The molecule has 1 aliphatic heterocycles. The number of rotatable bonds is 5. The van der Waals surface area contributed by atoms with E-state index in [1.165, 1.54) is 12.1 Å². The fraction of sp³-hybridized carbons (Fsp3) is 0.364. The number of nitrogens with one attached hydrogen (secondary N) is 1. The number of hydrogen-bond donors (Lipinski definition) is 1. The van der Waals surface area contributed by atoms with Crippen LogP contribution in [0.2, 0.25) is 0 Å². The third-order valence-electron chi connectivity index (χ3n) is 5.00. The number of ether oxygens (including phenoxy) is 1. The third kappa shape index (κ3) is 4.88. The number of nitrogens with zero attached hydrogens (tertiary/aromatic N) is 1. The molecular formula is C22H25FN2O3. The molecule has 1 aliphatic rings. The van der Waals surface area contributed by atoms with Gasteiger partial charge in [0.1, 0.15) is 5.82 Å². The van der Waals surface area contributed by atoms with E-state index in [1.807, 2.05) is 0 Å². The van der Waals surface area contributed by atoms with Gasteiger partial charge in [-0.2, -0.15) is 0 Å². The van der Waals surface area contributed by atoms with Gasteiger partial charge in [0.15, 0.2) is 6.10 Å². The lowest BCUT2D eigenvalue weighted by molar-refractivity contribution is -0.141. The van der Waals surface area contributed by atoms with Crippen LogP contribution in [0.1, 0.15) is 37.0 Å². The van der Waals surface area contributed by atoms with Crippen molar-refractivity contribution in [3.63, 3.8) is 0 Å². The molecule has 1 unspecified atom stereocenters. The highest BCUT2D eigenvalue weighted by Gasteiger charge is 2.27. The summed E-state index contributed by atoms with van der Waals surface area (Å²) in [6, 6.07) is 12.7. The molecule has 5 nitrogen and oxygen atoms in total. The molecule has 3 rings (SSSR count). The molecular weight excluding hydrogens is 359 g/mol. The largest absolute Gasteiger partial charge is 0.449 e. The van der Waals surface area contributed by atoms with Crippen molar-refractivity contribution >= 4 is 23.3 Å². The van der Waals surface area contributed by atoms with Gasteiger partial charge in [0.05, 0.1) is 11.3 Å². The zero-order valence-electron chi connectivity index (χ0n) is 16.2. The highest BCUT2D eigenvalue weighted by molar-refractivity contribution is 5.98. The summed E-state index contributed by atoms with van der Waals surface area (Å²) in [7, 11) is 0. The van der Waals surface area contributed by atoms with Crippen molar-refractivity contribution in [2.24, 2.45) is 5.92 Å². The first-order valence-electron chi connectivity index (χ1n) is 9.55. The first-order valence-corrected chi connectivity index (χ1v) is 9.55. The van der Waals surface area contributed by atoms with Gasteiger partial charge in [0.2, 0.25) is 0 Å². The number of benzene rings is 2. The second kappa shape index (κ2) is 8.87. The second-order valence-electron chi connectivity index (χ2n) is 7.23. The van der Waals surface area contributed by atoms with Gasteiger partial charge in [-0.15, -0.1) is 0 Å². The van der Waals surface area contributed by atoms with Crippen molar-refractivity contribution < 1.29 is 18.7 Å². The first-order chi connectivity index (χ1) is 13.4. The molecule has 1 heterocycles. The third-order valence-corrected chi connectivity index (χ3v) is 5.00. The highest BCUT2D eigenvalue weighted by Crippen LogP contribution is 2.23. The van der Waals surface area contributed by atoms with E-state index in [2.05, 4.69) is 12.2 Å². The molecule has 148 valence electrons. The summed E-state index contributed by atoms with van der Waals surface area (Å²) in [5.41, 5.74) is 1.50. The van der Waals surface area contributed by atoms with Crippen molar-refractivity contribution in [1.82, 2.24) is 4.90 Å². The normalized spacial score (nSPS) is 15.8. The smallest absolute Gasteiger partial charge is 0.341 e. The quantitative estimate of drug-likeness (QED) is 0.778. The highest BCUT2D eigenvalue weighted by atomic mass is 19.1. The van der Waals surface area contributed by atoms with Gasteiger partial charge in [-0.25, -0.2) is 9.18 Å². The van der Waals surface area contributed by atoms with Crippen LogP contribution >= 0.6 is 0 Å². The van der Waals surface area contributed by atoms with E-state index in [-0.39, 0.29) is 11.7 Å². The van der Waals surface area contributed by atoms with Gasteiger partial charge in [-0.05, 0) is 62.1 Å². The van der Waals surface area contributed by atoms with Crippen LogP contribution in [-0.2, 0) is 9.53 Å².